The molecule has 3 N–H and O–H groups in total. The number of carbonyl (C=O) groups excluding carboxylic acids is 1. The van der Waals surface area contributed by atoms with E-state index in [4.69, 9.17) is 0 Å². The molecule has 0 fully saturated rings. The van der Waals surface area contributed by atoms with Gasteiger partial charge in [-0.3, -0.25) is 9.79 Å². The first-order valence-electron chi connectivity index (χ1n) is 6.74. The fraction of sp³-hybridized carbons (Fsp3) is 0.0625. The molecule has 22 heavy (non-hydrogen) atoms. The summed E-state index contributed by atoms with van der Waals surface area (Å²) < 4.78 is 0. The van der Waals surface area contributed by atoms with Crippen molar-refractivity contribution in [1.29, 1.82) is 0 Å². The quantitative estimate of drug-likeness (QED) is 0.648. The lowest BCUT2D eigenvalue weighted by atomic mass is 10.2. The molecule has 0 aliphatic carbocycles. The highest BCUT2D eigenvalue weighted by Crippen LogP contribution is 2.17. The summed E-state index contributed by atoms with van der Waals surface area (Å²) in [6, 6.07) is 12.8. The van der Waals surface area contributed by atoms with Crippen molar-refractivity contribution in [3.8, 4) is 0 Å². The largest absolute Gasteiger partial charge is 0.326 e. The molecule has 3 aromatic rings. The lowest BCUT2D eigenvalue weighted by Gasteiger charge is -2.01. The van der Waals surface area contributed by atoms with Crippen LogP contribution in [0.15, 0.2) is 52.3 Å². The zero-order valence-electron chi connectivity index (χ0n) is 11.9. The normalized spacial score (nSPS) is 11.1. The van der Waals surface area contributed by atoms with Gasteiger partial charge >= 0.3 is 5.69 Å². The Morgan fingerprint density at radius 3 is 2.55 bits per heavy atom. The summed E-state index contributed by atoms with van der Waals surface area (Å²) in [5.74, 6) is -0.102. The van der Waals surface area contributed by atoms with Crippen LogP contribution in [-0.4, -0.2) is 22.1 Å². The first kappa shape index (κ1) is 13.8. The van der Waals surface area contributed by atoms with E-state index in [9.17, 15) is 9.59 Å². The standard InChI is InChI=1S/C16H14N4O2/c1-10(21)18-12-4-2-11(3-5-12)9-17-13-6-7-14-15(8-13)20-16(22)19-14/h2-9H,1H3,(H,18,21)(H2,19,20,22). The number of hydrogen-bond donors (Lipinski definition) is 3. The summed E-state index contributed by atoms with van der Waals surface area (Å²) in [5.41, 5.74) is 3.65. The molecule has 110 valence electrons. The van der Waals surface area contributed by atoms with Gasteiger partial charge in [-0.25, -0.2) is 4.79 Å². The minimum absolute atomic E-state index is 0.102. The molecule has 1 aromatic heterocycles. The van der Waals surface area contributed by atoms with Crippen molar-refractivity contribution >= 4 is 34.5 Å². The number of nitrogens with zero attached hydrogens (tertiary/aromatic N) is 1. The molecule has 0 bridgehead atoms. The maximum Gasteiger partial charge on any atom is 0.323 e. The summed E-state index contributed by atoms with van der Waals surface area (Å²) in [7, 11) is 0. The summed E-state index contributed by atoms with van der Waals surface area (Å²) in [6.07, 6.45) is 1.73. The minimum Gasteiger partial charge on any atom is -0.326 e. The third kappa shape index (κ3) is 3.12. The number of aliphatic imine (C=N–C) groups is 1. The smallest absolute Gasteiger partial charge is 0.323 e. The van der Waals surface area contributed by atoms with Crippen LogP contribution in [0.25, 0.3) is 11.0 Å². The van der Waals surface area contributed by atoms with Gasteiger partial charge < -0.3 is 15.3 Å². The number of amides is 1. The molecule has 6 nitrogen and oxygen atoms in total. The van der Waals surface area contributed by atoms with Crippen LogP contribution in [-0.2, 0) is 4.79 Å². The molecule has 0 radical (unpaired) electrons. The van der Waals surface area contributed by atoms with E-state index < -0.39 is 0 Å². The van der Waals surface area contributed by atoms with Crippen molar-refractivity contribution in [2.75, 3.05) is 5.32 Å². The molecule has 0 aliphatic rings. The molecule has 1 heterocycles. The molecule has 0 unspecified atom stereocenters. The number of hydrogen-bond acceptors (Lipinski definition) is 3. The van der Waals surface area contributed by atoms with E-state index in [1.54, 1.807) is 18.3 Å². The van der Waals surface area contributed by atoms with Gasteiger partial charge in [-0.05, 0) is 35.9 Å². The van der Waals surface area contributed by atoms with Gasteiger partial charge in [0.05, 0.1) is 16.7 Å². The van der Waals surface area contributed by atoms with Crippen LogP contribution in [0.4, 0.5) is 11.4 Å². The zero-order chi connectivity index (χ0) is 15.5. The SMILES string of the molecule is CC(=O)Nc1ccc(C=Nc2ccc3[nH]c(=O)[nH]c3c2)cc1. The van der Waals surface area contributed by atoms with Crippen LogP contribution in [0, 0.1) is 0 Å². The van der Waals surface area contributed by atoms with Gasteiger partial charge in [-0.1, -0.05) is 12.1 Å². The lowest BCUT2D eigenvalue weighted by Crippen LogP contribution is -2.05. The number of benzene rings is 2. The molecule has 0 atom stereocenters. The molecular weight excluding hydrogens is 280 g/mol. The number of carbonyl (C=O) groups is 1. The Kier molecular flexibility index (Phi) is 3.57. The van der Waals surface area contributed by atoms with E-state index in [2.05, 4.69) is 20.3 Å². The second-order valence-electron chi connectivity index (χ2n) is 4.87. The van der Waals surface area contributed by atoms with E-state index in [-0.39, 0.29) is 11.6 Å². The molecule has 0 spiro atoms. The first-order valence-corrected chi connectivity index (χ1v) is 6.74. The van der Waals surface area contributed by atoms with Crippen LogP contribution < -0.4 is 11.0 Å². The molecular formula is C16H14N4O2. The third-order valence-corrected chi connectivity index (χ3v) is 3.09. The molecule has 0 saturated heterocycles. The Bertz CT molecular complexity index is 904. The molecule has 1 amide bonds. The highest BCUT2D eigenvalue weighted by atomic mass is 16.1. The van der Waals surface area contributed by atoms with Gasteiger partial charge in [-0.2, -0.15) is 0 Å². The van der Waals surface area contributed by atoms with E-state index >= 15 is 0 Å². The van der Waals surface area contributed by atoms with Crippen LogP contribution in [0.2, 0.25) is 0 Å². The molecule has 2 aromatic carbocycles. The predicted octanol–water partition coefficient (Wildman–Crippen LogP) is 2.57. The van der Waals surface area contributed by atoms with E-state index in [1.165, 1.54) is 6.92 Å². The Morgan fingerprint density at radius 2 is 1.82 bits per heavy atom. The highest BCUT2D eigenvalue weighted by molar-refractivity contribution is 5.90. The zero-order valence-corrected chi connectivity index (χ0v) is 11.9. The van der Waals surface area contributed by atoms with Crippen LogP contribution in [0.5, 0.6) is 0 Å². The average Bonchev–Trinajstić information content (AvgIpc) is 2.85. The number of aromatic nitrogens is 2. The van der Waals surface area contributed by atoms with Crippen molar-refractivity contribution < 1.29 is 4.79 Å². The van der Waals surface area contributed by atoms with Gasteiger partial charge in [0, 0.05) is 18.8 Å². The van der Waals surface area contributed by atoms with E-state index in [0.29, 0.717) is 0 Å². The fourth-order valence-electron chi connectivity index (χ4n) is 2.11. The number of nitrogens with one attached hydrogen (secondary N) is 3. The second kappa shape index (κ2) is 5.69. The van der Waals surface area contributed by atoms with Gasteiger partial charge in [0.1, 0.15) is 0 Å². The monoisotopic (exact) mass is 294 g/mol. The van der Waals surface area contributed by atoms with Crippen molar-refractivity contribution in [2.45, 2.75) is 6.92 Å². The van der Waals surface area contributed by atoms with Crippen molar-refractivity contribution in [1.82, 2.24) is 9.97 Å². The Hall–Kier alpha value is -3.15. The number of imidazole rings is 1. The first-order chi connectivity index (χ1) is 10.6. The molecule has 3 rings (SSSR count). The number of rotatable bonds is 3. The van der Waals surface area contributed by atoms with Gasteiger partial charge in [-0.15, -0.1) is 0 Å². The second-order valence-corrected chi connectivity index (χ2v) is 4.87. The number of fused-ring (bicyclic) bond motifs is 1. The number of aromatic amines is 2. The van der Waals surface area contributed by atoms with Crippen molar-refractivity contribution in [3.05, 3.63) is 58.5 Å². The summed E-state index contributed by atoms with van der Waals surface area (Å²) in [4.78, 5) is 31.9. The minimum atomic E-state index is -0.232. The number of anilines is 1. The Balaban J connectivity index is 1.79. The molecule has 6 heteroatoms. The summed E-state index contributed by atoms with van der Waals surface area (Å²) >= 11 is 0. The summed E-state index contributed by atoms with van der Waals surface area (Å²) in [5, 5.41) is 2.71. The molecule has 0 saturated carbocycles. The van der Waals surface area contributed by atoms with Gasteiger partial charge in [0.25, 0.3) is 0 Å². The highest BCUT2D eigenvalue weighted by Gasteiger charge is 1.99. The van der Waals surface area contributed by atoms with Crippen molar-refractivity contribution in [3.63, 3.8) is 0 Å². The van der Waals surface area contributed by atoms with E-state index in [0.717, 1.165) is 28.0 Å². The van der Waals surface area contributed by atoms with Crippen LogP contribution in [0.1, 0.15) is 12.5 Å². The predicted molar refractivity (Wildman–Crippen MR) is 86.9 cm³/mol. The molecule has 0 aliphatic heterocycles. The van der Waals surface area contributed by atoms with Crippen LogP contribution >= 0.6 is 0 Å². The van der Waals surface area contributed by atoms with E-state index in [1.807, 2.05) is 30.3 Å². The number of H-pyrrole nitrogens is 2. The van der Waals surface area contributed by atoms with Gasteiger partial charge in [0.15, 0.2) is 0 Å². The van der Waals surface area contributed by atoms with Gasteiger partial charge in [0.2, 0.25) is 5.91 Å². The van der Waals surface area contributed by atoms with Crippen molar-refractivity contribution in [2.24, 2.45) is 4.99 Å². The maximum atomic E-state index is 11.2. The fourth-order valence-corrected chi connectivity index (χ4v) is 2.11. The topological polar surface area (TPSA) is 90.1 Å². The lowest BCUT2D eigenvalue weighted by molar-refractivity contribution is -0.114. The Labute approximate surface area is 125 Å². The maximum absolute atomic E-state index is 11.2. The Morgan fingerprint density at radius 1 is 1.09 bits per heavy atom. The third-order valence-electron chi connectivity index (χ3n) is 3.09. The summed E-state index contributed by atoms with van der Waals surface area (Å²) in [6.45, 7) is 1.47. The average molecular weight is 294 g/mol. The van der Waals surface area contributed by atoms with Crippen LogP contribution in [0.3, 0.4) is 0 Å².